The quantitative estimate of drug-likeness (QED) is 0.297. The van der Waals surface area contributed by atoms with E-state index in [1.807, 2.05) is 0 Å². The second-order valence-electron chi connectivity index (χ2n) is 7.83. The molecule has 8 heteroatoms. The van der Waals surface area contributed by atoms with E-state index in [-0.39, 0.29) is 23.9 Å². The summed E-state index contributed by atoms with van der Waals surface area (Å²) in [7, 11) is 1.25. The zero-order chi connectivity index (χ0) is 24.3. The second-order valence-corrected chi connectivity index (χ2v) is 7.83. The molecule has 0 radical (unpaired) electrons. The van der Waals surface area contributed by atoms with E-state index in [0.717, 1.165) is 24.1 Å². The predicted octanol–water partition coefficient (Wildman–Crippen LogP) is 6.70. The summed E-state index contributed by atoms with van der Waals surface area (Å²) in [5.74, 6) is -0.693. The van der Waals surface area contributed by atoms with Crippen molar-refractivity contribution in [2.45, 2.75) is 32.0 Å². The van der Waals surface area contributed by atoms with Gasteiger partial charge in [0.2, 0.25) is 0 Å². The van der Waals surface area contributed by atoms with Crippen molar-refractivity contribution < 1.29 is 31.8 Å². The Balaban J connectivity index is 1.77. The van der Waals surface area contributed by atoms with Gasteiger partial charge in [-0.15, -0.1) is 0 Å². The number of esters is 1. The minimum Gasteiger partial charge on any atom is -0.488 e. The van der Waals surface area contributed by atoms with E-state index in [0.29, 0.717) is 35.2 Å². The lowest BCUT2D eigenvalue weighted by atomic mass is 9.97. The van der Waals surface area contributed by atoms with Crippen LogP contribution in [-0.4, -0.2) is 18.1 Å². The lowest BCUT2D eigenvalue weighted by molar-refractivity contribution is -0.137. The van der Waals surface area contributed by atoms with Crippen LogP contribution in [0.5, 0.6) is 5.75 Å². The Labute approximate surface area is 193 Å². The highest BCUT2D eigenvalue weighted by molar-refractivity contribution is 5.94. The Morgan fingerprint density at radius 2 is 1.74 bits per heavy atom. The van der Waals surface area contributed by atoms with Gasteiger partial charge in [-0.3, -0.25) is 0 Å². The molecule has 0 saturated heterocycles. The molecule has 176 valence electrons. The number of ether oxygens (including phenoxy) is 2. The summed E-state index contributed by atoms with van der Waals surface area (Å²) < 4.78 is 64.4. The molecular formula is C26H21F4NO3. The van der Waals surface area contributed by atoms with Crippen LogP contribution in [-0.2, 0) is 17.5 Å². The van der Waals surface area contributed by atoms with Gasteiger partial charge < -0.3 is 9.47 Å². The zero-order valence-electron chi connectivity index (χ0n) is 18.3. The van der Waals surface area contributed by atoms with Crippen LogP contribution in [0.1, 0.15) is 52.1 Å². The van der Waals surface area contributed by atoms with Crippen LogP contribution in [0.15, 0.2) is 60.7 Å². The molecule has 0 saturated carbocycles. The number of benzene rings is 2. The number of carbonyl (C=O) groups is 1. The van der Waals surface area contributed by atoms with E-state index < -0.39 is 17.7 Å². The van der Waals surface area contributed by atoms with Gasteiger partial charge in [-0.1, -0.05) is 18.2 Å². The molecule has 0 N–H and O–H groups in total. The van der Waals surface area contributed by atoms with Crippen LogP contribution in [0.4, 0.5) is 17.6 Å². The molecule has 1 aliphatic carbocycles. The first-order valence-corrected chi connectivity index (χ1v) is 10.6. The fourth-order valence-corrected chi connectivity index (χ4v) is 3.95. The molecule has 0 aliphatic heterocycles. The van der Waals surface area contributed by atoms with E-state index in [1.54, 1.807) is 24.3 Å². The predicted molar refractivity (Wildman–Crippen MR) is 118 cm³/mol. The minimum absolute atomic E-state index is 0.0668. The van der Waals surface area contributed by atoms with E-state index in [1.165, 1.54) is 31.4 Å². The maximum Gasteiger partial charge on any atom is 0.416 e. The van der Waals surface area contributed by atoms with Crippen molar-refractivity contribution in [3.8, 4) is 5.75 Å². The molecule has 0 atom stereocenters. The average molecular weight is 471 g/mol. The van der Waals surface area contributed by atoms with Gasteiger partial charge in [0.15, 0.2) is 0 Å². The molecule has 2 aromatic carbocycles. The molecule has 1 heterocycles. The third-order valence-corrected chi connectivity index (χ3v) is 5.61. The topological polar surface area (TPSA) is 48.4 Å². The highest BCUT2D eigenvalue weighted by Gasteiger charge is 2.32. The van der Waals surface area contributed by atoms with Crippen LogP contribution in [0.2, 0.25) is 0 Å². The number of pyridine rings is 1. The van der Waals surface area contributed by atoms with Crippen molar-refractivity contribution in [2.24, 2.45) is 0 Å². The smallest absolute Gasteiger partial charge is 0.416 e. The standard InChI is InChI=1S/C26H21F4NO3/c1-33-25(32)23-7-3-6-22(31-23)20-5-2-4-19(20)21-14-17(26(28,29)30)10-13-24(21)34-15-16-8-11-18(27)12-9-16/h3,6-14H,2,4-5,15H2,1H3. The number of carbonyl (C=O) groups excluding carboxylic acids is 1. The zero-order valence-corrected chi connectivity index (χ0v) is 18.3. The van der Waals surface area contributed by atoms with Gasteiger partial charge in [0.05, 0.1) is 18.4 Å². The molecule has 0 bridgehead atoms. The molecular weight excluding hydrogens is 450 g/mol. The Hall–Kier alpha value is -3.68. The number of alkyl halides is 3. The summed E-state index contributed by atoms with van der Waals surface area (Å²) >= 11 is 0. The molecule has 4 rings (SSSR count). The highest BCUT2D eigenvalue weighted by Crippen LogP contribution is 2.44. The molecule has 3 aromatic rings. The molecule has 0 fully saturated rings. The van der Waals surface area contributed by atoms with Crippen molar-refractivity contribution >= 4 is 17.1 Å². The van der Waals surface area contributed by atoms with Crippen molar-refractivity contribution in [1.82, 2.24) is 4.98 Å². The first-order chi connectivity index (χ1) is 16.3. The number of allylic oxidation sites excluding steroid dienone is 2. The normalized spacial score (nSPS) is 13.8. The van der Waals surface area contributed by atoms with E-state index in [4.69, 9.17) is 9.47 Å². The first-order valence-electron chi connectivity index (χ1n) is 10.6. The van der Waals surface area contributed by atoms with Gasteiger partial charge in [-0.2, -0.15) is 13.2 Å². The summed E-state index contributed by atoms with van der Waals surface area (Å²) in [6.45, 7) is 0.0668. The number of hydrogen-bond acceptors (Lipinski definition) is 4. The van der Waals surface area contributed by atoms with Crippen molar-refractivity contribution in [1.29, 1.82) is 0 Å². The largest absolute Gasteiger partial charge is 0.488 e. The third kappa shape index (κ3) is 5.11. The summed E-state index contributed by atoms with van der Waals surface area (Å²) in [5.41, 5.74) is 2.31. The van der Waals surface area contributed by atoms with Crippen molar-refractivity contribution in [3.05, 3.63) is 94.6 Å². The number of methoxy groups -OCH3 is 1. The summed E-state index contributed by atoms with van der Waals surface area (Å²) in [6, 6.07) is 14.0. The number of rotatable bonds is 6. The number of hydrogen-bond donors (Lipinski definition) is 0. The number of halogens is 4. The second kappa shape index (κ2) is 9.67. The fraction of sp³-hybridized carbons (Fsp3) is 0.231. The van der Waals surface area contributed by atoms with Gasteiger partial charge in [0.1, 0.15) is 23.9 Å². The Bertz CT molecular complexity index is 1230. The van der Waals surface area contributed by atoms with Crippen LogP contribution >= 0.6 is 0 Å². The van der Waals surface area contributed by atoms with Crippen LogP contribution in [0, 0.1) is 5.82 Å². The molecule has 0 spiro atoms. The summed E-state index contributed by atoms with van der Waals surface area (Å²) in [6.07, 6.45) is -2.66. The Morgan fingerprint density at radius 1 is 1.00 bits per heavy atom. The maximum atomic E-state index is 13.5. The van der Waals surface area contributed by atoms with Crippen LogP contribution < -0.4 is 4.74 Å². The molecule has 1 aliphatic rings. The van der Waals surface area contributed by atoms with E-state index in [2.05, 4.69) is 4.98 Å². The number of aromatic nitrogens is 1. The molecule has 1 aromatic heterocycles. The lowest BCUT2D eigenvalue weighted by Crippen LogP contribution is -2.07. The molecule has 4 nitrogen and oxygen atoms in total. The number of nitrogens with zero attached hydrogens (tertiary/aromatic N) is 1. The summed E-state index contributed by atoms with van der Waals surface area (Å²) in [4.78, 5) is 16.3. The minimum atomic E-state index is -4.52. The average Bonchev–Trinajstić information content (AvgIpc) is 3.32. The first kappa shape index (κ1) is 23.5. The Morgan fingerprint density at radius 3 is 2.44 bits per heavy atom. The van der Waals surface area contributed by atoms with Gasteiger partial charge in [-0.05, 0) is 78.4 Å². The molecule has 34 heavy (non-hydrogen) atoms. The van der Waals surface area contributed by atoms with E-state index in [9.17, 15) is 22.4 Å². The third-order valence-electron chi connectivity index (χ3n) is 5.61. The van der Waals surface area contributed by atoms with E-state index >= 15 is 0 Å². The van der Waals surface area contributed by atoms with Crippen LogP contribution in [0.3, 0.4) is 0 Å². The molecule has 0 amide bonds. The lowest BCUT2D eigenvalue weighted by Gasteiger charge is -2.17. The van der Waals surface area contributed by atoms with Gasteiger partial charge in [0, 0.05) is 5.56 Å². The highest BCUT2D eigenvalue weighted by atomic mass is 19.4. The van der Waals surface area contributed by atoms with Gasteiger partial charge in [0.25, 0.3) is 0 Å². The van der Waals surface area contributed by atoms with Crippen molar-refractivity contribution in [2.75, 3.05) is 7.11 Å². The SMILES string of the molecule is COC(=O)c1cccc(C2=C(c3cc(C(F)(F)F)ccc3OCc3ccc(F)cc3)CCC2)n1. The van der Waals surface area contributed by atoms with Crippen LogP contribution in [0.25, 0.3) is 11.1 Å². The fourth-order valence-electron chi connectivity index (χ4n) is 3.95. The van der Waals surface area contributed by atoms with Gasteiger partial charge >= 0.3 is 12.1 Å². The molecule has 0 unspecified atom stereocenters. The summed E-state index contributed by atoms with van der Waals surface area (Å²) in [5, 5.41) is 0. The monoisotopic (exact) mass is 471 g/mol. The van der Waals surface area contributed by atoms with Crippen molar-refractivity contribution in [3.63, 3.8) is 0 Å². The Kier molecular flexibility index (Phi) is 6.68. The van der Waals surface area contributed by atoms with Gasteiger partial charge in [-0.25, -0.2) is 14.2 Å². The maximum absolute atomic E-state index is 13.5.